The van der Waals surface area contributed by atoms with Crippen molar-refractivity contribution in [2.24, 2.45) is 0 Å². The number of hydrogen-bond donors (Lipinski definition) is 1. The van der Waals surface area contributed by atoms with E-state index in [0.717, 1.165) is 5.82 Å². The van der Waals surface area contributed by atoms with Crippen LogP contribution in [-0.4, -0.2) is 23.9 Å². The summed E-state index contributed by atoms with van der Waals surface area (Å²) in [5, 5.41) is 0. The van der Waals surface area contributed by atoms with Crippen molar-refractivity contribution in [1.82, 2.24) is 9.97 Å². The van der Waals surface area contributed by atoms with E-state index in [-0.39, 0.29) is 0 Å². The molecule has 0 aliphatic carbocycles. The van der Waals surface area contributed by atoms with E-state index in [4.69, 9.17) is 4.74 Å². The Morgan fingerprint density at radius 1 is 1.70 bits per heavy atom. The summed E-state index contributed by atoms with van der Waals surface area (Å²) in [7, 11) is 1.59. The van der Waals surface area contributed by atoms with Gasteiger partial charge in [0.2, 0.25) is 0 Å². The Morgan fingerprint density at radius 3 is 3.20 bits per heavy atom. The van der Waals surface area contributed by atoms with Gasteiger partial charge in [-0.2, -0.15) is 0 Å². The Morgan fingerprint density at radius 2 is 2.60 bits per heavy atom. The minimum absolute atomic E-state index is 0.306. The fourth-order valence-corrected chi connectivity index (χ4v) is 0.599. The van der Waals surface area contributed by atoms with E-state index in [2.05, 4.69) is 14.7 Å². The van der Waals surface area contributed by atoms with Crippen molar-refractivity contribution in [2.75, 3.05) is 13.9 Å². The molecule has 1 rings (SSSR count). The average Bonchev–Trinajstić information content (AvgIpc) is 2.41. The molecule has 0 aliphatic heterocycles. The number of H-pyrrole nitrogens is 1. The average molecular weight is 142 g/mol. The van der Waals surface area contributed by atoms with Gasteiger partial charge in [-0.3, -0.25) is 0 Å². The number of aromatic nitrogens is 2. The SMILES string of the molecule is COCOCc1ncc[nH]1. The third-order valence-electron chi connectivity index (χ3n) is 0.995. The molecule has 0 unspecified atom stereocenters. The van der Waals surface area contributed by atoms with Crippen molar-refractivity contribution >= 4 is 0 Å². The summed E-state index contributed by atoms with van der Waals surface area (Å²) in [5.41, 5.74) is 0. The maximum atomic E-state index is 5.01. The topological polar surface area (TPSA) is 47.1 Å². The molecule has 0 spiro atoms. The fraction of sp³-hybridized carbons (Fsp3) is 0.500. The second kappa shape index (κ2) is 4.03. The molecular formula is C6H10N2O2. The van der Waals surface area contributed by atoms with Gasteiger partial charge in [0.1, 0.15) is 19.2 Å². The van der Waals surface area contributed by atoms with E-state index in [0.29, 0.717) is 13.4 Å². The molecule has 1 N–H and O–H groups in total. The van der Waals surface area contributed by atoms with Gasteiger partial charge in [0.25, 0.3) is 0 Å². The third kappa shape index (κ3) is 2.16. The van der Waals surface area contributed by atoms with Crippen LogP contribution in [0.25, 0.3) is 0 Å². The van der Waals surface area contributed by atoms with Gasteiger partial charge in [0.15, 0.2) is 0 Å². The maximum absolute atomic E-state index is 5.01. The number of nitrogens with one attached hydrogen (secondary N) is 1. The monoisotopic (exact) mass is 142 g/mol. The second-order valence-electron chi connectivity index (χ2n) is 1.79. The summed E-state index contributed by atoms with van der Waals surface area (Å²) in [6, 6.07) is 0. The van der Waals surface area contributed by atoms with E-state index in [1.54, 1.807) is 19.5 Å². The van der Waals surface area contributed by atoms with E-state index in [9.17, 15) is 0 Å². The number of nitrogens with zero attached hydrogens (tertiary/aromatic N) is 1. The highest BCUT2D eigenvalue weighted by molar-refractivity contribution is 4.83. The van der Waals surface area contributed by atoms with Gasteiger partial charge in [0.05, 0.1) is 0 Å². The molecule has 0 fully saturated rings. The maximum Gasteiger partial charge on any atom is 0.146 e. The molecule has 4 heteroatoms. The van der Waals surface area contributed by atoms with Gasteiger partial charge >= 0.3 is 0 Å². The Kier molecular flexibility index (Phi) is 2.92. The summed E-state index contributed by atoms with van der Waals surface area (Å²) >= 11 is 0. The first-order valence-electron chi connectivity index (χ1n) is 2.98. The van der Waals surface area contributed by atoms with Crippen LogP contribution in [0.1, 0.15) is 5.82 Å². The van der Waals surface area contributed by atoms with Crippen LogP contribution in [0.5, 0.6) is 0 Å². The number of ether oxygens (including phenoxy) is 2. The Hall–Kier alpha value is -0.870. The van der Waals surface area contributed by atoms with Gasteiger partial charge in [0, 0.05) is 19.5 Å². The van der Waals surface area contributed by atoms with Crippen molar-refractivity contribution in [3.8, 4) is 0 Å². The van der Waals surface area contributed by atoms with Crippen LogP contribution >= 0.6 is 0 Å². The molecule has 0 atom stereocenters. The molecule has 0 aromatic carbocycles. The predicted molar refractivity (Wildman–Crippen MR) is 35.3 cm³/mol. The molecule has 1 aromatic rings. The van der Waals surface area contributed by atoms with E-state index in [1.807, 2.05) is 0 Å². The standard InChI is InChI=1S/C6H10N2O2/c1-9-5-10-4-6-7-2-3-8-6/h2-3H,4-5H2,1H3,(H,7,8). The van der Waals surface area contributed by atoms with Crippen LogP contribution in [0.3, 0.4) is 0 Å². The van der Waals surface area contributed by atoms with E-state index < -0.39 is 0 Å². The molecule has 0 saturated carbocycles. The lowest BCUT2D eigenvalue weighted by atomic mass is 10.7. The fourth-order valence-electron chi connectivity index (χ4n) is 0.599. The molecule has 0 bridgehead atoms. The molecule has 56 valence electrons. The summed E-state index contributed by atoms with van der Waals surface area (Å²) in [4.78, 5) is 6.86. The molecule has 4 nitrogen and oxygen atoms in total. The zero-order valence-electron chi connectivity index (χ0n) is 5.83. The van der Waals surface area contributed by atoms with Crippen molar-refractivity contribution in [3.05, 3.63) is 18.2 Å². The summed E-state index contributed by atoms with van der Waals surface area (Å²) in [6.45, 7) is 0.779. The molecule has 0 aliphatic rings. The molecule has 0 saturated heterocycles. The predicted octanol–water partition coefficient (Wildman–Crippen LogP) is 0.530. The second-order valence-corrected chi connectivity index (χ2v) is 1.79. The molecule has 0 radical (unpaired) electrons. The quantitative estimate of drug-likeness (QED) is 0.492. The van der Waals surface area contributed by atoms with Crippen molar-refractivity contribution < 1.29 is 9.47 Å². The lowest BCUT2D eigenvalue weighted by molar-refractivity contribution is -0.0410. The van der Waals surface area contributed by atoms with Gasteiger partial charge in [-0.15, -0.1) is 0 Å². The highest BCUT2D eigenvalue weighted by Crippen LogP contribution is 1.90. The molecule has 1 heterocycles. The van der Waals surface area contributed by atoms with Crippen LogP contribution < -0.4 is 0 Å². The number of aromatic amines is 1. The van der Waals surface area contributed by atoms with Crippen LogP contribution in [0, 0.1) is 0 Å². The summed E-state index contributed by atoms with van der Waals surface area (Å²) < 4.78 is 9.69. The molecular weight excluding hydrogens is 132 g/mol. The normalized spacial score (nSPS) is 10.1. The minimum atomic E-state index is 0.306. The van der Waals surface area contributed by atoms with Crippen LogP contribution in [0.15, 0.2) is 12.4 Å². The number of hydrogen-bond acceptors (Lipinski definition) is 3. The van der Waals surface area contributed by atoms with Gasteiger partial charge in [-0.05, 0) is 0 Å². The largest absolute Gasteiger partial charge is 0.359 e. The third-order valence-corrected chi connectivity index (χ3v) is 0.995. The van der Waals surface area contributed by atoms with Crippen LogP contribution in [0.2, 0.25) is 0 Å². The Balaban J connectivity index is 2.15. The number of imidazole rings is 1. The summed E-state index contributed by atoms with van der Waals surface area (Å²) in [6.07, 6.45) is 3.44. The van der Waals surface area contributed by atoms with Crippen molar-refractivity contribution in [2.45, 2.75) is 6.61 Å². The highest BCUT2D eigenvalue weighted by atomic mass is 16.7. The zero-order chi connectivity index (χ0) is 7.23. The lowest BCUT2D eigenvalue weighted by Gasteiger charge is -1.97. The Bertz CT molecular complexity index is 162. The van der Waals surface area contributed by atoms with Gasteiger partial charge in [-0.25, -0.2) is 4.98 Å². The van der Waals surface area contributed by atoms with Crippen LogP contribution in [-0.2, 0) is 16.1 Å². The number of methoxy groups -OCH3 is 1. The Labute approximate surface area is 59.2 Å². The first-order chi connectivity index (χ1) is 4.93. The van der Waals surface area contributed by atoms with Crippen molar-refractivity contribution in [3.63, 3.8) is 0 Å². The van der Waals surface area contributed by atoms with Crippen LogP contribution in [0.4, 0.5) is 0 Å². The smallest absolute Gasteiger partial charge is 0.146 e. The zero-order valence-corrected chi connectivity index (χ0v) is 5.83. The van der Waals surface area contributed by atoms with E-state index >= 15 is 0 Å². The minimum Gasteiger partial charge on any atom is -0.359 e. The molecule has 0 amide bonds. The highest BCUT2D eigenvalue weighted by Gasteiger charge is 1.91. The molecule has 10 heavy (non-hydrogen) atoms. The summed E-state index contributed by atoms with van der Waals surface area (Å²) in [5.74, 6) is 0.817. The molecule has 1 aromatic heterocycles. The lowest BCUT2D eigenvalue weighted by Crippen LogP contribution is -1.97. The van der Waals surface area contributed by atoms with E-state index in [1.165, 1.54) is 0 Å². The number of rotatable bonds is 4. The van der Waals surface area contributed by atoms with Gasteiger partial charge < -0.3 is 14.5 Å². The first kappa shape index (κ1) is 7.24. The first-order valence-corrected chi connectivity index (χ1v) is 2.98. The van der Waals surface area contributed by atoms with Crippen molar-refractivity contribution in [1.29, 1.82) is 0 Å². The van der Waals surface area contributed by atoms with Gasteiger partial charge in [-0.1, -0.05) is 0 Å².